The lowest BCUT2D eigenvalue weighted by atomic mass is 9.60. The number of nitrogens with zero attached hydrogens (tertiary/aromatic N) is 1. The first-order chi connectivity index (χ1) is 11.8. The summed E-state index contributed by atoms with van der Waals surface area (Å²) >= 11 is 0. The Bertz CT molecular complexity index is 607. The summed E-state index contributed by atoms with van der Waals surface area (Å²) in [6, 6.07) is 9.28. The van der Waals surface area contributed by atoms with Crippen LogP contribution in [0.2, 0.25) is 0 Å². The molecule has 1 aliphatic heterocycles. The molecule has 0 unspecified atom stereocenters. The van der Waals surface area contributed by atoms with E-state index < -0.39 is 0 Å². The Morgan fingerprint density at radius 3 is 2.32 bits per heavy atom. The van der Waals surface area contributed by atoms with Gasteiger partial charge in [0.1, 0.15) is 0 Å². The van der Waals surface area contributed by atoms with Gasteiger partial charge in [-0.2, -0.15) is 0 Å². The minimum absolute atomic E-state index is 0.443. The van der Waals surface area contributed by atoms with Crippen molar-refractivity contribution in [1.82, 2.24) is 4.90 Å². The van der Waals surface area contributed by atoms with E-state index in [9.17, 15) is 0 Å². The molecule has 1 aromatic rings. The van der Waals surface area contributed by atoms with Gasteiger partial charge in [-0.25, -0.2) is 0 Å². The molecule has 25 heavy (non-hydrogen) atoms. The standard InChI is InChI=1S/C24H37N/c1-6-13-25-14-11-19(12-15-25)21-9-7-8-10-22(21)20-16-23(2,3)18-24(4,5)17-20/h7-11,20H,6,12-18H2,1-5H3. The Morgan fingerprint density at radius 2 is 1.72 bits per heavy atom. The van der Waals surface area contributed by atoms with E-state index in [0.29, 0.717) is 16.7 Å². The van der Waals surface area contributed by atoms with Crippen molar-refractivity contribution in [2.45, 2.75) is 72.6 Å². The fourth-order valence-corrected chi connectivity index (χ4v) is 5.69. The highest BCUT2D eigenvalue weighted by molar-refractivity contribution is 5.70. The van der Waals surface area contributed by atoms with Gasteiger partial charge in [0.05, 0.1) is 0 Å². The van der Waals surface area contributed by atoms with Crippen LogP contribution in [0.15, 0.2) is 30.3 Å². The van der Waals surface area contributed by atoms with Crippen LogP contribution in [-0.2, 0) is 0 Å². The molecule has 1 nitrogen and oxygen atoms in total. The Kier molecular flexibility index (Phi) is 5.44. The summed E-state index contributed by atoms with van der Waals surface area (Å²) in [5.74, 6) is 0.699. The molecule has 1 aromatic carbocycles. The molecule has 0 amide bonds. The van der Waals surface area contributed by atoms with Gasteiger partial charge in [0.25, 0.3) is 0 Å². The van der Waals surface area contributed by atoms with E-state index in [1.165, 1.54) is 50.8 Å². The van der Waals surface area contributed by atoms with Crippen molar-refractivity contribution in [3.05, 3.63) is 41.5 Å². The van der Waals surface area contributed by atoms with Crippen LogP contribution < -0.4 is 0 Å². The highest BCUT2D eigenvalue weighted by Crippen LogP contribution is 2.52. The summed E-state index contributed by atoms with van der Waals surface area (Å²) in [4.78, 5) is 2.58. The van der Waals surface area contributed by atoms with Crippen LogP contribution >= 0.6 is 0 Å². The first-order valence-corrected chi connectivity index (χ1v) is 10.3. The van der Waals surface area contributed by atoms with Gasteiger partial charge in [0.15, 0.2) is 0 Å². The van der Waals surface area contributed by atoms with Crippen molar-refractivity contribution in [3.63, 3.8) is 0 Å². The Balaban J connectivity index is 1.87. The van der Waals surface area contributed by atoms with Gasteiger partial charge in [0, 0.05) is 13.1 Å². The Morgan fingerprint density at radius 1 is 1.04 bits per heavy atom. The zero-order valence-corrected chi connectivity index (χ0v) is 17.1. The van der Waals surface area contributed by atoms with Crippen molar-refractivity contribution >= 4 is 5.57 Å². The van der Waals surface area contributed by atoms with Crippen molar-refractivity contribution in [3.8, 4) is 0 Å². The molecule has 0 bridgehead atoms. The molecular weight excluding hydrogens is 302 g/mol. The van der Waals surface area contributed by atoms with E-state index in [2.05, 4.69) is 69.9 Å². The van der Waals surface area contributed by atoms with Gasteiger partial charge in [-0.3, -0.25) is 4.90 Å². The summed E-state index contributed by atoms with van der Waals surface area (Å²) in [5, 5.41) is 0. The second kappa shape index (κ2) is 7.27. The van der Waals surface area contributed by atoms with E-state index >= 15 is 0 Å². The Labute approximate surface area is 155 Å². The highest BCUT2D eigenvalue weighted by atomic mass is 15.1. The van der Waals surface area contributed by atoms with Crippen LogP contribution in [0.1, 0.15) is 83.8 Å². The molecule has 1 saturated carbocycles. The fraction of sp³-hybridized carbons (Fsp3) is 0.667. The molecule has 0 spiro atoms. The SMILES string of the molecule is CCCN1CC=C(c2ccccc2C2CC(C)(C)CC(C)(C)C2)CC1. The molecule has 1 heterocycles. The first-order valence-electron chi connectivity index (χ1n) is 10.3. The Hall–Kier alpha value is -1.08. The summed E-state index contributed by atoms with van der Waals surface area (Å²) in [5.41, 5.74) is 5.62. The van der Waals surface area contributed by atoms with Crippen LogP contribution in [0.3, 0.4) is 0 Å². The normalized spacial score (nSPS) is 24.1. The van der Waals surface area contributed by atoms with Crippen LogP contribution in [0.4, 0.5) is 0 Å². The third kappa shape index (κ3) is 4.56. The highest BCUT2D eigenvalue weighted by Gasteiger charge is 2.39. The average Bonchev–Trinajstić information content (AvgIpc) is 2.53. The predicted molar refractivity (Wildman–Crippen MR) is 110 cm³/mol. The minimum Gasteiger partial charge on any atom is -0.299 e. The van der Waals surface area contributed by atoms with Gasteiger partial charge in [0.2, 0.25) is 0 Å². The second-order valence-electron chi connectivity index (χ2n) is 9.98. The summed E-state index contributed by atoms with van der Waals surface area (Å²) in [6.07, 6.45) is 8.94. The van der Waals surface area contributed by atoms with E-state index in [-0.39, 0.29) is 0 Å². The molecule has 0 atom stereocenters. The molecule has 1 aliphatic carbocycles. The molecule has 2 aliphatic rings. The maximum atomic E-state index is 2.58. The van der Waals surface area contributed by atoms with Crippen LogP contribution in [0.25, 0.3) is 5.57 Å². The predicted octanol–water partition coefficient (Wildman–Crippen LogP) is 6.51. The van der Waals surface area contributed by atoms with Crippen molar-refractivity contribution in [2.24, 2.45) is 10.8 Å². The number of rotatable bonds is 4. The van der Waals surface area contributed by atoms with Gasteiger partial charge in [-0.05, 0) is 72.1 Å². The smallest absolute Gasteiger partial charge is 0.0169 e. The van der Waals surface area contributed by atoms with E-state index in [1.54, 1.807) is 11.1 Å². The van der Waals surface area contributed by atoms with Gasteiger partial charge >= 0.3 is 0 Å². The zero-order chi connectivity index (χ0) is 18.1. The molecule has 0 N–H and O–H groups in total. The largest absolute Gasteiger partial charge is 0.299 e. The van der Waals surface area contributed by atoms with E-state index in [0.717, 1.165) is 6.54 Å². The molecular formula is C24H37N. The maximum Gasteiger partial charge on any atom is 0.0169 e. The molecule has 0 radical (unpaired) electrons. The number of hydrogen-bond acceptors (Lipinski definition) is 1. The summed E-state index contributed by atoms with van der Waals surface area (Å²) < 4.78 is 0. The quantitative estimate of drug-likeness (QED) is 0.604. The molecule has 3 rings (SSSR count). The van der Waals surface area contributed by atoms with Crippen LogP contribution in [0, 0.1) is 10.8 Å². The van der Waals surface area contributed by atoms with Crippen molar-refractivity contribution < 1.29 is 0 Å². The number of hydrogen-bond donors (Lipinski definition) is 0. The monoisotopic (exact) mass is 339 g/mol. The third-order valence-corrected chi connectivity index (χ3v) is 6.13. The van der Waals surface area contributed by atoms with Gasteiger partial charge in [-0.15, -0.1) is 0 Å². The minimum atomic E-state index is 0.443. The second-order valence-corrected chi connectivity index (χ2v) is 9.98. The zero-order valence-electron chi connectivity index (χ0n) is 17.1. The van der Waals surface area contributed by atoms with Gasteiger partial charge < -0.3 is 0 Å². The van der Waals surface area contributed by atoms with Crippen molar-refractivity contribution in [2.75, 3.05) is 19.6 Å². The molecule has 0 saturated heterocycles. The summed E-state index contributed by atoms with van der Waals surface area (Å²) in [7, 11) is 0. The molecule has 1 fully saturated rings. The van der Waals surface area contributed by atoms with E-state index in [4.69, 9.17) is 0 Å². The average molecular weight is 340 g/mol. The topological polar surface area (TPSA) is 3.24 Å². The summed E-state index contributed by atoms with van der Waals surface area (Å²) in [6.45, 7) is 15.7. The molecule has 1 heteroatoms. The maximum absolute atomic E-state index is 2.58. The van der Waals surface area contributed by atoms with Gasteiger partial charge in [-0.1, -0.05) is 65.0 Å². The molecule has 0 aromatic heterocycles. The van der Waals surface area contributed by atoms with Crippen molar-refractivity contribution in [1.29, 1.82) is 0 Å². The third-order valence-electron chi connectivity index (χ3n) is 6.13. The van der Waals surface area contributed by atoms with Crippen LogP contribution in [-0.4, -0.2) is 24.5 Å². The fourth-order valence-electron chi connectivity index (χ4n) is 5.69. The molecule has 138 valence electrons. The lowest BCUT2D eigenvalue weighted by Crippen LogP contribution is -2.33. The lowest BCUT2D eigenvalue weighted by molar-refractivity contribution is 0.0968. The number of benzene rings is 1. The van der Waals surface area contributed by atoms with Crippen LogP contribution in [0.5, 0.6) is 0 Å². The lowest BCUT2D eigenvalue weighted by Gasteiger charge is -2.45. The van der Waals surface area contributed by atoms with E-state index in [1.807, 2.05) is 0 Å². The first kappa shape index (κ1) is 18.7.